The summed E-state index contributed by atoms with van der Waals surface area (Å²) in [7, 11) is 0. The summed E-state index contributed by atoms with van der Waals surface area (Å²) in [5, 5.41) is 6.38. The van der Waals surface area contributed by atoms with Gasteiger partial charge < -0.3 is 15.8 Å². The summed E-state index contributed by atoms with van der Waals surface area (Å²) in [5.74, 6) is 0.478. The number of hydrogen-bond donors (Lipinski definition) is 3. The molecule has 0 amide bonds. The number of halogens is 2. The molecule has 1 saturated carbocycles. The standard InChI is InChI=1S/C18H24ClFN4S2/c1-10-8-18(2,3)11(16(10)21)9-23-14-7-13(20)15(6-12(14)19)26-24-17-22-4-5-25-17/h4-7,10-11,16,23H,8-9,21H2,1-3H3,(H,22,24). The van der Waals surface area contributed by atoms with Gasteiger partial charge >= 0.3 is 0 Å². The summed E-state index contributed by atoms with van der Waals surface area (Å²) in [4.78, 5) is 4.54. The molecule has 1 aliphatic carbocycles. The Labute approximate surface area is 167 Å². The molecule has 1 aromatic heterocycles. The number of aromatic nitrogens is 1. The lowest BCUT2D eigenvalue weighted by molar-refractivity contribution is 0.258. The Hall–Kier alpha value is -1.02. The predicted octanol–water partition coefficient (Wildman–Crippen LogP) is 5.48. The number of thiazole rings is 1. The largest absolute Gasteiger partial charge is 0.383 e. The molecule has 1 heterocycles. The predicted molar refractivity (Wildman–Crippen MR) is 111 cm³/mol. The third-order valence-corrected chi connectivity index (χ3v) is 7.15. The summed E-state index contributed by atoms with van der Waals surface area (Å²) >= 11 is 8.99. The number of benzene rings is 1. The lowest BCUT2D eigenvalue weighted by atomic mass is 9.80. The second-order valence-corrected chi connectivity index (χ2v) is 9.69. The monoisotopic (exact) mass is 414 g/mol. The molecular formula is C18H24ClFN4S2. The second-order valence-electron chi connectivity index (χ2n) is 7.54. The van der Waals surface area contributed by atoms with Crippen LogP contribution in [0.15, 0.2) is 28.6 Å². The van der Waals surface area contributed by atoms with E-state index in [1.54, 1.807) is 12.3 Å². The molecule has 0 bridgehead atoms. The van der Waals surface area contributed by atoms with Crippen LogP contribution in [0.5, 0.6) is 0 Å². The van der Waals surface area contributed by atoms with Crippen molar-refractivity contribution in [3.63, 3.8) is 0 Å². The molecule has 0 aliphatic heterocycles. The fraction of sp³-hybridized carbons (Fsp3) is 0.500. The smallest absolute Gasteiger partial charge is 0.192 e. The number of anilines is 2. The van der Waals surface area contributed by atoms with Gasteiger partial charge in [0.15, 0.2) is 5.13 Å². The number of nitrogens with one attached hydrogen (secondary N) is 2. The molecule has 3 unspecified atom stereocenters. The molecule has 3 atom stereocenters. The van der Waals surface area contributed by atoms with Gasteiger partial charge in [0.1, 0.15) is 5.82 Å². The van der Waals surface area contributed by atoms with Gasteiger partial charge in [-0.25, -0.2) is 9.37 Å². The first-order chi connectivity index (χ1) is 12.3. The fourth-order valence-electron chi connectivity index (χ4n) is 3.78. The molecule has 3 rings (SSSR count). The molecule has 26 heavy (non-hydrogen) atoms. The molecule has 1 aromatic carbocycles. The van der Waals surface area contributed by atoms with Crippen LogP contribution >= 0.6 is 34.9 Å². The molecule has 8 heteroatoms. The minimum absolute atomic E-state index is 0.137. The SMILES string of the molecule is CC1CC(C)(C)C(CNc2cc(F)c(SNc3nccs3)cc2Cl)C1N. The van der Waals surface area contributed by atoms with Gasteiger partial charge in [0.25, 0.3) is 0 Å². The molecule has 4 N–H and O–H groups in total. The molecule has 4 nitrogen and oxygen atoms in total. The molecular weight excluding hydrogens is 391 g/mol. The highest BCUT2D eigenvalue weighted by atomic mass is 35.5. The van der Waals surface area contributed by atoms with Crippen LogP contribution in [0.4, 0.5) is 15.2 Å². The van der Waals surface area contributed by atoms with Gasteiger partial charge in [0.05, 0.1) is 15.6 Å². The Kier molecular flexibility index (Phi) is 6.01. The van der Waals surface area contributed by atoms with E-state index >= 15 is 0 Å². The van der Waals surface area contributed by atoms with E-state index in [0.717, 1.165) is 23.5 Å². The summed E-state index contributed by atoms with van der Waals surface area (Å²) < 4.78 is 17.5. The Balaban J connectivity index is 1.66. The topological polar surface area (TPSA) is 63.0 Å². The quantitative estimate of drug-likeness (QED) is 0.546. The maximum absolute atomic E-state index is 14.4. The van der Waals surface area contributed by atoms with E-state index in [1.165, 1.54) is 17.4 Å². The van der Waals surface area contributed by atoms with Crippen molar-refractivity contribution >= 4 is 45.7 Å². The molecule has 0 radical (unpaired) electrons. The minimum atomic E-state index is -0.325. The van der Waals surface area contributed by atoms with Gasteiger partial charge in [-0.05, 0) is 47.8 Å². The van der Waals surface area contributed by atoms with Gasteiger partial charge in [0.2, 0.25) is 0 Å². The van der Waals surface area contributed by atoms with E-state index in [9.17, 15) is 4.39 Å². The zero-order valence-corrected chi connectivity index (χ0v) is 17.4. The van der Waals surface area contributed by atoms with Gasteiger partial charge in [-0.2, -0.15) is 0 Å². The molecule has 1 fully saturated rings. The highest BCUT2D eigenvalue weighted by Gasteiger charge is 2.44. The van der Waals surface area contributed by atoms with Gasteiger partial charge in [0, 0.05) is 24.2 Å². The van der Waals surface area contributed by atoms with E-state index in [-0.39, 0.29) is 17.3 Å². The van der Waals surface area contributed by atoms with Crippen molar-refractivity contribution in [3.8, 4) is 0 Å². The lowest BCUT2D eigenvalue weighted by Gasteiger charge is -2.30. The van der Waals surface area contributed by atoms with Crippen molar-refractivity contribution in [2.45, 2.75) is 38.1 Å². The Bertz CT molecular complexity index is 754. The van der Waals surface area contributed by atoms with Crippen LogP contribution in [0.2, 0.25) is 5.02 Å². The summed E-state index contributed by atoms with van der Waals surface area (Å²) in [5.41, 5.74) is 7.14. The maximum Gasteiger partial charge on any atom is 0.192 e. The van der Waals surface area contributed by atoms with Crippen molar-refractivity contribution in [2.24, 2.45) is 23.0 Å². The Morgan fingerprint density at radius 3 is 2.85 bits per heavy atom. The average molecular weight is 415 g/mol. The Morgan fingerprint density at radius 2 is 2.23 bits per heavy atom. The van der Waals surface area contributed by atoms with Crippen LogP contribution in [0.1, 0.15) is 27.2 Å². The zero-order valence-electron chi connectivity index (χ0n) is 15.1. The van der Waals surface area contributed by atoms with E-state index in [4.69, 9.17) is 17.3 Å². The van der Waals surface area contributed by atoms with Gasteiger partial charge in [-0.15, -0.1) is 11.3 Å². The zero-order chi connectivity index (χ0) is 18.9. The van der Waals surface area contributed by atoms with Crippen LogP contribution in [0.25, 0.3) is 0 Å². The number of nitrogens with two attached hydrogens (primary N) is 1. The summed E-state index contributed by atoms with van der Waals surface area (Å²) in [6, 6.07) is 3.22. The van der Waals surface area contributed by atoms with E-state index < -0.39 is 0 Å². The third kappa shape index (κ3) is 4.27. The highest BCUT2D eigenvalue weighted by molar-refractivity contribution is 8.00. The number of hydrogen-bond acceptors (Lipinski definition) is 6. The summed E-state index contributed by atoms with van der Waals surface area (Å²) in [6.07, 6.45) is 2.79. The lowest BCUT2D eigenvalue weighted by Crippen LogP contribution is -2.38. The van der Waals surface area contributed by atoms with Crippen LogP contribution < -0.4 is 15.8 Å². The van der Waals surface area contributed by atoms with Crippen LogP contribution in [-0.2, 0) is 0 Å². The molecule has 0 saturated heterocycles. The van der Waals surface area contributed by atoms with E-state index in [2.05, 4.69) is 35.8 Å². The fourth-order valence-corrected chi connectivity index (χ4v) is 5.35. The second kappa shape index (κ2) is 7.92. The molecule has 142 valence electrons. The van der Waals surface area contributed by atoms with Crippen molar-refractivity contribution in [1.29, 1.82) is 0 Å². The van der Waals surface area contributed by atoms with E-state index in [0.29, 0.717) is 34.0 Å². The molecule has 2 aromatic rings. The molecule has 0 spiro atoms. The minimum Gasteiger partial charge on any atom is -0.383 e. The van der Waals surface area contributed by atoms with Crippen molar-refractivity contribution in [2.75, 3.05) is 16.6 Å². The number of rotatable bonds is 6. The summed E-state index contributed by atoms with van der Waals surface area (Å²) in [6.45, 7) is 7.37. The first kappa shape index (κ1) is 19.7. The average Bonchev–Trinajstić information content (AvgIpc) is 3.14. The normalized spacial score (nSPS) is 24.6. The molecule has 1 aliphatic rings. The Morgan fingerprint density at radius 1 is 1.46 bits per heavy atom. The first-order valence-corrected chi connectivity index (χ1v) is 10.7. The number of nitrogens with zero attached hydrogens (tertiary/aromatic N) is 1. The highest BCUT2D eigenvalue weighted by Crippen LogP contribution is 2.45. The van der Waals surface area contributed by atoms with Crippen molar-refractivity contribution < 1.29 is 4.39 Å². The van der Waals surface area contributed by atoms with Crippen LogP contribution in [0, 0.1) is 23.1 Å². The van der Waals surface area contributed by atoms with Crippen LogP contribution in [0.3, 0.4) is 0 Å². The van der Waals surface area contributed by atoms with Crippen molar-refractivity contribution in [1.82, 2.24) is 4.98 Å². The van der Waals surface area contributed by atoms with E-state index in [1.807, 2.05) is 5.38 Å². The third-order valence-electron chi connectivity index (χ3n) is 5.19. The van der Waals surface area contributed by atoms with Crippen molar-refractivity contribution in [3.05, 3.63) is 34.5 Å². The van der Waals surface area contributed by atoms with Gasteiger partial charge in [-0.3, -0.25) is 0 Å². The van der Waals surface area contributed by atoms with Crippen LogP contribution in [-0.4, -0.2) is 17.6 Å². The first-order valence-electron chi connectivity index (χ1n) is 8.59. The maximum atomic E-state index is 14.4. The van der Waals surface area contributed by atoms with Gasteiger partial charge in [-0.1, -0.05) is 32.4 Å².